The first kappa shape index (κ1) is 14.2. The first-order valence-corrected chi connectivity index (χ1v) is 6.97. The normalized spacial score (nSPS) is 12.6. The maximum absolute atomic E-state index is 4.54. The molecular formula is C15H26N2. The Hall–Kier alpha value is -0.890. The van der Waals surface area contributed by atoms with Gasteiger partial charge < -0.3 is 5.32 Å². The van der Waals surface area contributed by atoms with Gasteiger partial charge in [0.1, 0.15) is 0 Å². The van der Waals surface area contributed by atoms with Crippen LogP contribution in [0.15, 0.2) is 18.3 Å². The van der Waals surface area contributed by atoms with Gasteiger partial charge in [0.05, 0.1) is 0 Å². The number of rotatable bonds is 8. The molecule has 1 aromatic heterocycles. The molecule has 0 aliphatic rings. The average Bonchev–Trinajstić information content (AvgIpc) is 2.37. The molecule has 0 aliphatic carbocycles. The molecule has 1 heterocycles. The monoisotopic (exact) mass is 234 g/mol. The number of hydrogen-bond acceptors (Lipinski definition) is 2. The van der Waals surface area contributed by atoms with Crippen LogP contribution in [0.4, 0.5) is 0 Å². The highest BCUT2D eigenvalue weighted by Gasteiger charge is 2.08. The summed E-state index contributed by atoms with van der Waals surface area (Å²) < 4.78 is 0. The number of aromatic nitrogens is 1. The molecule has 0 fully saturated rings. The van der Waals surface area contributed by atoms with Crippen molar-refractivity contribution in [3.63, 3.8) is 0 Å². The van der Waals surface area contributed by atoms with Gasteiger partial charge in [0.25, 0.3) is 0 Å². The lowest BCUT2D eigenvalue weighted by molar-refractivity contribution is 0.469. The van der Waals surface area contributed by atoms with E-state index in [1.807, 2.05) is 6.20 Å². The molecule has 0 spiro atoms. The Morgan fingerprint density at radius 2 is 2.00 bits per heavy atom. The van der Waals surface area contributed by atoms with E-state index in [1.54, 1.807) is 0 Å². The highest BCUT2D eigenvalue weighted by molar-refractivity contribution is 5.14. The summed E-state index contributed by atoms with van der Waals surface area (Å²) >= 11 is 0. The van der Waals surface area contributed by atoms with Crippen molar-refractivity contribution in [1.29, 1.82) is 0 Å². The van der Waals surface area contributed by atoms with E-state index < -0.39 is 0 Å². The Bertz CT molecular complexity index is 292. The summed E-state index contributed by atoms with van der Waals surface area (Å²) in [5.74, 6) is 0. The van der Waals surface area contributed by atoms with Gasteiger partial charge in [0.15, 0.2) is 0 Å². The SMILES string of the molecule is CCCNC(CCC)Cc1ccc(CC)cn1. The van der Waals surface area contributed by atoms with E-state index in [0.717, 1.165) is 19.4 Å². The van der Waals surface area contributed by atoms with Crippen LogP contribution in [0.5, 0.6) is 0 Å². The number of nitrogens with zero attached hydrogens (tertiary/aromatic N) is 1. The summed E-state index contributed by atoms with van der Waals surface area (Å²) in [6.45, 7) is 7.73. The molecule has 1 rings (SSSR count). The summed E-state index contributed by atoms with van der Waals surface area (Å²) in [6.07, 6.45) is 7.80. The Labute approximate surface area is 106 Å². The van der Waals surface area contributed by atoms with Gasteiger partial charge in [-0.05, 0) is 37.4 Å². The highest BCUT2D eigenvalue weighted by Crippen LogP contribution is 2.07. The van der Waals surface area contributed by atoms with Crippen LogP contribution < -0.4 is 5.32 Å². The van der Waals surface area contributed by atoms with Crippen LogP contribution in [-0.4, -0.2) is 17.6 Å². The number of aryl methyl sites for hydroxylation is 1. The molecule has 0 saturated heterocycles. The van der Waals surface area contributed by atoms with Crippen molar-refractivity contribution in [1.82, 2.24) is 10.3 Å². The summed E-state index contributed by atoms with van der Waals surface area (Å²) in [7, 11) is 0. The van der Waals surface area contributed by atoms with Crippen molar-refractivity contribution < 1.29 is 0 Å². The molecule has 1 aromatic rings. The zero-order valence-electron chi connectivity index (χ0n) is 11.5. The van der Waals surface area contributed by atoms with Gasteiger partial charge in [0, 0.05) is 24.4 Å². The molecule has 0 aromatic carbocycles. The molecule has 17 heavy (non-hydrogen) atoms. The summed E-state index contributed by atoms with van der Waals surface area (Å²) in [4.78, 5) is 4.54. The van der Waals surface area contributed by atoms with E-state index in [9.17, 15) is 0 Å². The van der Waals surface area contributed by atoms with E-state index in [1.165, 1.54) is 30.5 Å². The van der Waals surface area contributed by atoms with E-state index >= 15 is 0 Å². The molecule has 0 aliphatic heterocycles. The van der Waals surface area contributed by atoms with Crippen LogP contribution in [0, 0.1) is 0 Å². The topological polar surface area (TPSA) is 24.9 Å². The lowest BCUT2D eigenvalue weighted by atomic mass is 10.0. The van der Waals surface area contributed by atoms with E-state index in [0.29, 0.717) is 6.04 Å². The van der Waals surface area contributed by atoms with Crippen molar-refractivity contribution in [2.75, 3.05) is 6.54 Å². The van der Waals surface area contributed by atoms with Crippen LogP contribution >= 0.6 is 0 Å². The zero-order valence-corrected chi connectivity index (χ0v) is 11.5. The molecule has 1 N–H and O–H groups in total. The number of hydrogen-bond donors (Lipinski definition) is 1. The lowest BCUT2D eigenvalue weighted by Crippen LogP contribution is -2.31. The third-order valence-electron chi connectivity index (χ3n) is 3.07. The van der Waals surface area contributed by atoms with E-state index in [2.05, 4.69) is 43.2 Å². The summed E-state index contributed by atoms with van der Waals surface area (Å²) in [5.41, 5.74) is 2.53. The highest BCUT2D eigenvalue weighted by atomic mass is 14.9. The van der Waals surface area contributed by atoms with Gasteiger partial charge in [-0.1, -0.05) is 33.3 Å². The third-order valence-corrected chi connectivity index (χ3v) is 3.07. The van der Waals surface area contributed by atoms with Crippen LogP contribution in [-0.2, 0) is 12.8 Å². The van der Waals surface area contributed by atoms with Crippen LogP contribution in [0.1, 0.15) is 51.3 Å². The Balaban J connectivity index is 2.51. The van der Waals surface area contributed by atoms with Gasteiger partial charge >= 0.3 is 0 Å². The maximum atomic E-state index is 4.54. The Kier molecular flexibility index (Phi) is 6.87. The van der Waals surface area contributed by atoms with Gasteiger partial charge in [-0.25, -0.2) is 0 Å². The minimum Gasteiger partial charge on any atom is -0.314 e. The van der Waals surface area contributed by atoms with Crippen molar-refractivity contribution in [3.8, 4) is 0 Å². The second-order valence-electron chi connectivity index (χ2n) is 4.66. The Morgan fingerprint density at radius 1 is 1.18 bits per heavy atom. The number of pyridine rings is 1. The maximum Gasteiger partial charge on any atom is 0.0419 e. The molecule has 2 heteroatoms. The predicted octanol–water partition coefficient (Wildman–Crippen LogP) is 3.35. The fourth-order valence-electron chi connectivity index (χ4n) is 2.01. The molecule has 0 radical (unpaired) electrons. The first-order chi connectivity index (χ1) is 8.30. The van der Waals surface area contributed by atoms with Crippen LogP contribution in [0.3, 0.4) is 0 Å². The first-order valence-electron chi connectivity index (χ1n) is 6.97. The smallest absolute Gasteiger partial charge is 0.0419 e. The molecule has 1 unspecified atom stereocenters. The summed E-state index contributed by atoms with van der Waals surface area (Å²) in [6, 6.07) is 4.96. The fourth-order valence-corrected chi connectivity index (χ4v) is 2.01. The van der Waals surface area contributed by atoms with E-state index in [4.69, 9.17) is 0 Å². The standard InChI is InChI=1S/C15H26N2/c1-4-7-14(16-10-5-2)11-15-9-8-13(6-3)12-17-15/h8-9,12,14,16H,4-7,10-11H2,1-3H3. The molecule has 0 bridgehead atoms. The minimum atomic E-state index is 0.583. The van der Waals surface area contributed by atoms with Gasteiger partial charge in [-0.2, -0.15) is 0 Å². The molecule has 2 nitrogen and oxygen atoms in total. The molecular weight excluding hydrogens is 208 g/mol. The van der Waals surface area contributed by atoms with Crippen molar-refractivity contribution in [2.45, 2.75) is 58.9 Å². The van der Waals surface area contributed by atoms with Gasteiger partial charge in [0.2, 0.25) is 0 Å². The van der Waals surface area contributed by atoms with E-state index in [-0.39, 0.29) is 0 Å². The van der Waals surface area contributed by atoms with Crippen LogP contribution in [0.25, 0.3) is 0 Å². The quantitative estimate of drug-likeness (QED) is 0.746. The molecule has 0 saturated carbocycles. The predicted molar refractivity (Wildman–Crippen MR) is 74.3 cm³/mol. The minimum absolute atomic E-state index is 0.583. The molecule has 96 valence electrons. The third kappa shape index (κ3) is 5.31. The fraction of sp³-hybridized carbons (Fsp3) is 0.667. The largest absolute Gasteiger partial charge is 0.314 e. The molecule has 1 atom stereocenters. The second kappa shape index (κ2) is 8.24. The van der Waals surface area contributed by atoms with Crippen molar-refractivity contribution in [2.24, 2.45) is 0 Å². The molecule has 0 amide bonds. The van der Waals surface area contributed by atoms with Crippen LogP contribution in [0.2, 0.25) is 0 Å². The Morgan fingerprint density at radius 3 is 2.53 bits per heavy atom. The number of nitrogens with one attached hydrogen (secondary N) is 1. The van der Waals surface area contributed by atoms with Crippen molar-refractivity contribution >= 4 is 0 Å². The van der Waals surface area contributed by atoms with Gasteiger partial charge in [-0.3, -0.25) is 4.98 Å². The zero-order chi connectivity index (χ0) is 12.5. The van der Waals surface area contributed by atoms with Crippen molar-refractivity contribution in [3.05, 3.63) is 29.6 Å². The van der Waals surface area contributed by atoms with Gasteiger partial charge in [-0.15, -0.1) is 0 Å². The second-order valence-corrected chi connectivity index (χ2v) is 4.66. The lowest BCUT2D eigenvalue weighted by Gasteiger charge is -2.17. The average molecular weight is 234 g/mol. The summed E-state index contributed by atoms with van der Waals surface area (Å²) in [5, 5.41) is 3.61.